The molecule has 1 unspecified atom stereocenters. The van der Waals surface area contributed by atoms with Crippen molar-refractivity contribution >= 4 is 23.9 Å². The summed E-state index contributed by atoms with van der Waals surface area (Å²) >= 11 is 0. The summed E-state index contributed by atoms with van der Waals surface area (Å²) in [6.07, 6.45) is 3.99. The molecule has 0 aliphatic heterocycles. The molecule has 6 nitrogen and oxygen atoms in total. The third-order valence-corrected chi connectivity index (χ3v) is 4.12. The van der Waals surface area contributed by atoms with Crippen molar-refractivity contribution in [3.63, 3.8) is 0 Å². The molecule has 0 aliphatic rings. The van der Waals surface area contributed by atoms with Crippen LogP contribution in [0.5, 0.6) is 0 Å². The molecule has 0 fully saturated rings. The molecule has 0 saturated carbocycles. The van der Waals surface area contributed by atoms with Crippen molar-refractivity contribution in [1.29, 1.82) is 0 Å². The second-order valence-corrected chi connectivity index (χ2v) is 6.05. The van der Waals surface area contributed by atoms with Gasteiger partial charge in [-0.3, -0.25) is 4.79 Å². The molecule has 0 aliphatic carbocycles. The molecule has 28 heavy (non-hydrogen) atoms. The summed E-state index contributed by atoms with van der Waals surface area (Å²) in [6, 6.07) is 17.5. The van der Waals surface area contributed by atoms with Gasteiger partial charge in [0.2, 0.25) is 11.9 Å². The van der Waals surface area contributed by atoms with E-state index in [1.54, 1.807) is 6.08 Å². The van der Waals surface area contributed by atoms with Crippen LogP contribution in [0, 0.1) is 5.92 Å². The van der Waals surface area contributed by atoms with Crippen molar-refractivity contribution < 1.29 is 23.9 Å². The normalized spacial score (nSPS) is 11.8. The van der Waals surface area contributed by atoms with Gasteiger partial charge < -0.3 is 14.8 Å². The molecule has 0 aromatic heterocycles. The summed E-state index contributed by atoms with van der Waals surface area (Å²) in [6.45, 7) is 0. The van der Waals surface area contributed by atoms with Gasteiger partial charge in [-0.2, -0.15) is 0 Å². The van der Waals surface area contributed by atoms with E-state index < -0.39 is 29.8 Å². The summed E-state index contributed by atoms with van der Waals surface area (Å²) in [5, 5.41) is 2.44. The van der Waals surface area contributed by atoms with E-state index in [0.29, 0.717) is 6.42 Å². The lowest BCUT2D eigenvalue weighted by Crippen LogP contribution is -2.49. The van der Waals surface area contributed by atoms with Gasteiger partial charge in [0.25, 0.3) is 0 Å². The fourth-order valence-electron chi connectivity index (χ4n) is 2.61. The average Bonchev–Trinajstić information content (AvgIpc) is 2.75. The van der Waals surface area contributed by atoms with Crippen molar-refractivity contribution in [2.45, 2.75) is 12.5 Å². The van der Waals surface area contributed by atoms with Gasteiger partial charge in [0.15, 0.2) is 0 Å². The molecule has 1 atom stereocenters. The summed E-state index contributed by atoms with van der Waals surface area (Å²) in [5.41, 5.74) is 1.89. The van der Waals surface area contributed by atoms with Gasteiger partial charge in [-0.05, 0) is 17.5 Å². The van der Waals surface area contributed by atoms with Gasteiger partial charge in [-0.15, -0.1) is 0 Å². The van der Waals surface area contributed by atoms with Gasteiger partial charge in [-0.1, -0.05) is 72.8 Å². The van der Waals surface area contributed by atoms with Crippen LogP contribution in [0.2, 0.25) is 0 Å². The fraction of sp³-hybridized carbons (Fsp3) is 0.227. The number of rotatable bonds is 8. The van der Waals surface area contributed by atoms with E-state index in [1.807, 2.05) is 66.7 Å². The zero-order chi connectivity index (χ0) is 20.4. The van der Waals surface area contributed by atoms with Crippen LogP contribution >= 0.6 is 0 Å². The Bertz CT molecular complexity index is 801. The Morgan fingerprint density at radius 2 is 1.43 bits per heavy atom. The molecular formula is C22H23NO5. The van der Waals surface area contributed by atoms with Crippen molar-refractivity contribution in [2.75, 3.05) is 14.2 Å². The molecular weight excluding hydrogens is 358 g/mol. The minimum Gasteiger partial charge on any atom is -0.467 e. The third-order valence-electron chi connectivity index (χ3n) is 4.12. The van der Waals surface area contributed by atoms with E-state index in [0.717, 1.165) is 25.3 Å². The third kappa shape index (κ3) is 6.09. The highest BCUT2D eigenvalue weighted by molar-refractivity contribution is 6.02. The van der Waals surface area contributed by atoms with Crippen LogP contribution in [0.1, 0.15) is 11.1 Å². The zero-order valence-corrected chi connectivity index (χ0v) is 15.8. The molecule has 146 valence electrons. The molecule has 0 radical (unpaired) electrons. The minimum atomic E-state index is -1.51. The van der Waals surface area contributed by atoms with E-state index in [-0.39, 0.29) is 0 Å². The molecule has 2 aromatic carbocycles. The van der Waals surface area contributed by atoms with Crippen molar-refractivity contribution in [1.82, 2.24) is 5.32 Å². The van der Waals surface area contributed by atoms with E-state index in [1.165, 1.54) is 0 Å². The summed E-state index contributed by atoms with van der Waals surface area (Å²) < 4.78 is 9.18. The van der Waals surface area contributed by atoms with Gasteiger partial charge >= 0.3 is 11.9 Å². The summed E-state index contributed by atoms with van der Waals surface area (Å²) in [7, 11) is 2.28. The quantitative estimate of drug-likeness (QED) is 0.561. The lowest BCUT2D eigenvalue weighted by Gasteiger charge is -2.18. The number of benzene rings is 2. The standard InChI is InChI=1S/C22H23NO5/c1-27-21(25)19(22(26)28-2)23-20(24)18(15-17-11-7-4-8-12-17)14-13-16-9-5-3-6-10-16/h3-14,18-19H,15H2,1-2H3,(H,23,24)/b14-13+. The number of nitrogens with one attached hydrogen (secondary N) is 1. The highest BCUT2D eigenvalue weighted by atomic mass is 16.5. The molecule has 2 rings (SSSR count). The maximum Gasteiger partial charge on any atom is 0.340 e. The maximum atomic E-state index is 12.8. The SMILES string of the molecule is COC(=O)C(NC(=O)C(/C=C/c1ccccc1)Cc1ccccc1)C(=O)OC. The fourth-order valence-corrected chi connectivity index (χ4v) is 2.61. The Morgan fingerprint density at radius 1 is 0.893 bits per heavy atom. The number of esters is 2. The first kappa shape index (κ1) is 20.9. The van der Waals surface area contributed by atoms with Gasteiger partial charge in [0.05, 0.1) is 20.1 Å². The lowest BCUT2D eigenvalue weighted by atomic mass is 9.96. The molecule has 1 amide bonds. The maximum absolute atomic E-state index is 12.8. The first-order valence-corrected chi connectivity index (χ1v) is 8.78. The Morgan fingerprint density at radius 3 is 1.96 bits per heavy atom. The zero-order valence-electron chi connectivity index (χ0n) is 15.8. The Kier molecular flexibility index (Phi) is 7.96. The van der Waals surface area contributed by atoms with Crippen LogP contribution in [-0.4, -0.2) is 38.1 Å². The first-order valence-electron chi connectivity index (χ1n) is 8.78. The van der Waals surface area contributed by atoms with Gasteiger partial charge in [0, 0.05) is 0 Å². The Labute approximate surface area is 164 Å². The van der Waals surface area contributed by atoms with Crippen molar-refractivity contribution in [3.05, 3.63) is 77.9 Å². The number of hydrogen-bond donors (Lipinski definition) is 1. The first-order chi connectivity index (χ1) is 13.5. The van der Waals surface area contributed by atoms with Gasteiger partial charge in [-0.25, -0.2) is 9.59 Å². The van der Waals surface area contributed by atoms with Crippen LogP contribution < -0.4 is 5.32 Å². The summed E-state index contributed by atoms with van der Waals surface area (Å²) in [4.78, 5) is 36.5. The van der Waals surface area contributed by atoms with Gasteiger partial charge in [0.1, 0.15) is 0 Å². The number of carbonyl (C=O) groups excluding carboxylic acids is 3. The predicted molar refractivity (Wildman–Crippen MR) is 105 cm³/mol. The van der Waals surface area contributed by atoms with Crippen molar-refractivity contribution in [2.24, 2.45) is 5.92 Å². The Hall–Kier alpha value is -3.41. The van der Waals surface area contributed by atoms with E-state index in [2.05, 4.69) is 14.8 Å². The van der Waals surface area contributed by atoms with E-state index in [4.69, 9.17) is 0 Å². The number of methoxy groups -OCH3 is 2. The molecule has 0 spiro atoms. The van der Waals surface area contributed by atoms with Crippen LogP contribution in [0.25, 0.3) is 6.08 Å². The highest BCUT2D eigenvalue weighted by Crippen LogP contribution is 2.14. The lowest BCUT2D eigenvalue weighted by molar-refractivity contribution is -0.157. The monoisotopic (exact) mass is 381 g/mol. The molecule has 6 heteroatoms. The molecule has 2 aromatic rings. The molecule has 1 N–H and O–H groups in total. The van der Waals surface area contributed by atoms with Crippen LogP contribution in [0.4, 0.5) is 0 Å². The van der Waals surface area contributed by atoms with Crippen LogP contribution in [0.3, 0.4) is 0 Å². The molecule has 0 heterocycles. The smallest absolute Gasteiger partial charge is 0.340 e. The van der Waals surface area contributed by atoms with E-state index in [9.17, 15) is 14.4 Å². The number of carbonyl (C=O) groups is 3. The van der Waals surface area contributed by atoms with Crippen LogP contribution in [0.15, 0.2) is 66.7 Å². The van der Waals surface area contributed by atoms with E-state index >= 15 is 0 Å². The predicted octanol–water partition coefficient (Wildman–Crippen LogP) is 2.39. The minimum absolute atomic E-state index is 0.408. The van der Waals surface area contributed by atoms with Crippen molar-refractivity contribution in [3.8, 4) is 0 Å². The number of amides is 1. The Balaban J connectivity index is 2.23. The topological polar surface area (TPSA) is 81.7 Å². The number of hydrogen-bond acceptors (Lipinski definition) is 5. The summed E-state index contributed by atoms with van der Waals surface area (Å²) in [5.74, 6) is -2.84. The largest absolute Gasteiger partial charge is 0.467 e. The average molecular weight is 381 g/mol. The second kappa shape index (κ2) is 10.7. The molecule has 0 saturated heterocycles. The second-order valence-electron chi connectivity index (χ2n) is 6.05. The molecule has 0 bridgehead atoms. The highest BCUT2D eigenvalue weighted by Gasteiger charge is 2.32. The van der Waals surface area contributed by atoms with Crippen LogP contribution in [-0.2, 0) is 30.3 Å². The number of ether oxygens (including phenoxy) is 2.